The zero-order valence-electron chi connectivity index (χ0n) is 6.81. The molecule has 14 heavy (non-hydrogen) atoms. The third-order valence-electron chi connectivity index (χ3n) is 1.32. The van der Waals surface area contributed by atoms with Gasteiger partial charge in [-0.25, -0.2) is 4.98 Å². The Labute approximate surface area is 91.6 Å². The van der Waals surface area contributed by atoms with E-state index in [1.807, 2.05) is 22.6 Å². The largest absolute Gasteiger partial charge is 0.573 e. The van der Waals surface area contributed by atoms with Gasteiger partial charge in [-0.1, -0.05) is 0 Å². The lowest BCUT2D eigenvalue weighted by atomic mass is 10.3. The molecular weight excluding hydrogens is 312 g/mol. The van der Waals surface area contributed by atoms with E-state index in [2.05, 4.69) is 9.72 Å². The van der Waals surface area contributed by atoms with Crippen LogP contribution in [0.5, 0.6) is 5.75 Å². The van der Waals surface area contributed by atoms with Crippen molar-refractivity contribution in [3.8, 4) is 5.75 Å². The van der Waals surface area contributed by atoms with Gasteiger partial charge in [0, 0.05) is 6.54 Å². The van der Waals surface area contributed by atoms with Crippen LogP contribution in [-0.2, 0) is 6.54 Å². The van der Waals surface area contributed by atoms with Crippen LogP contribution >= 0.6 is 22.6 Å². The molecule has 0 radical (unpaired) electrons. The van der Waals surface area contributed by atoms with Gasteiger partial charge in [-0.3, -0.25) is 0 Å². The molecule has 0 bridgehead atoms. The number of rotatable bonds is 2. The van der Waals surface area contributed by atoms with Gasteiger partial charge in [0.25, 0.3) is 0 Å². The maximum Gasteiger partial charge on any atom is 0.573 e. The molecule has 0 saturated heterocycles. The van der Waals surface area contributed by atoms with Gasteiger partial charge >= 0.3 is 6.36 Å². The third-order valence-corrected chi connectivity index (χ3v) is 1.92. The van der Waals surface area contributed by atoms with Gasteiger partial charge in [-0.05, 0) is 34.7 Å². The number of halogens is 4. The monoisotopic (exact) mass is 318 g/mol. The SMILES string of the molecule is NCc1nc(I)ccc1OC(F)(F)F. The number of nitrogens with zero attached hydrogens (tertiary/aromatic N) is 1. The number of nitrogens with two attached hydrogens (primary N) is 1. The minimum atomic E-state index is -4.71. The van der Waals surface area contributed by atoms with E-state index in [9.17, 15) is 13.2 Å². The first-order chi connectivity index (χ1) is 6.42. The second kappa shape index (κ2) is 4.30. The Balaban J connectivity index is 2.97. The van der Waals surface area contributed by atoms with Gasteiger partial charge in [0.1, 0.15) is 3.70 Å². The Kier molecular flexibility index (Phi) is 3.53. The van der Waals surface area contributed by atoms with E-state index in [0.717, 1.165) is 0 Å². The number of ether oxygens (including phenoxy) is 1. The first-order valence-electron chi connectivity index (χ1n) is 3.53. The standard InChI is InChI=1S/C7H6F3IN2O/c8-7(9,10)14-5-1-2-6(11)13-4(5)3-12/h1-2H,3,12H2. The maximum atomic E-state index is 11.9. The summed E-state index contributed by atoms with van der Waals surface area (Å²) in [5.74, 6) is -0.347. The van der Waals surface area contributed by atoms with Gasteiger partial charge in [-0.2, -0.15) is 0 Å². The Morgan fingerprint density at radius 2 is 2.07 bits per heavy atom. The number of aromatic nitrogens is 1. The molecule has 0 aromatic carbocycles. The summed E-state index contributed by atoms with van der Waals surface area (Å²) < 4.78 is 39.9. The number of alkyl halides is 3. The summed E-state index contributed by atoms with van der Waals surface area (Å²) in [5.41, 5.74) is 5.32. The topological polar surface area (TPSA) is 48.1 Å². The normalized spacial score (nSPS) is 11.5. The van der Waals surface area contributed by atoms with Crippen LogP contribution in [0.15, 0.2) is 12.1 Å². The van der Waals surface area contributed by atoms with Crippen LogP contribution in [-0.4, -0.2) is 11.3 Å². The lowest BCUT2D eigenvalue weighted by Crippen LogP contribution is -2.19. The summed E-state index contributed by atoms with van der Waals surface area (Å²) in [4.78, 5) is 3.81. The predicted molar refractivity (Wildman–Crippen MR) is 51.5 cm³/mol. The molecule has 0 saturated carbocycles. The first kappa shape index (κ1) is 11.5. The van der Waals surface area contributed by atoms with Crippen molar-refractivity contribution in [3.05, 3.63) is 21.5 Å². The molecule has 78 valence electrons. The molecule has 0 spiro atoms. The van der Waals surface area contributed by atoms with Gasteiger partial charge < -0.3 is 10.5 Å². The minimum Gasteiger partial charge on any atom is -0.404 e. The number of pyridine rings is 1. The molecule has 0 fully saturated rings. The highest BCUT2D eigenvalue weighted by molar-refractivity contribution is 14.1. The smallest absolute Gasteiger partial charge is 0.404 e. The van der Waals surface area contributed by atoms with Crippen LogP contribution in [0.3, 0.4) is 0 Å². The zero-order chi connectivity index (χ0) is 10.8. The van der Waals surface area contributed by atoms with Crippen LogP contribution in [0.4, 0.5) is 13.2 Å². The molecule has 1 rings (SSSR count). The summed E-state index contributed by atoms with van der Waals surface area (Å²) in [5, 5.41) is 0. The molecule has 0 aliphatic carbocycles. The second-order valence-corrected chi connectivity index (χ2v) is 3.44. The molecule has 1 aromatic rings. The average Bonchev–Trinajstić information content (AvgIpc) is 2.06. The molecular formula is C7H6F3IN2O. The summed E-state index contributed by atoms with van der Waals surface area (Å²) in [7, 11) is 0. The van der Waals surface area contributed by atoms with E-state index < -0.39 is 6.36 Å². The van der Waals surface area contributed by atoms with Gasteiger partial charge in [0.2, 0.25) is 0 Å². The predicted octanol–water partition coefficient (Wildman–Crippen LogP) is 2.04. The molecule has 0 unspecified atom stereocenters. The Bertz CT molecular complexity index is 329. The highest BCUT2D eigenvalue weighted by Crippen LogP contribution is 2.25. The molecule has 0 amide bonds. The molecule has 7 heteroatoms. The van der Waals surface area contributed by atoms with Crippen molar-refractivity contribution in [1.82, 2.24) is 4.98 Å². The summed E-state index contributed by atoms with van der Waals surface area (Å²) >= 11 is 1.88. The summed E-state index contributed by atoms with van der Waals surface area (Å²) in [6.07, 6.45) is -4.71. The minimum absolute atomic E-state index is 0.0919. The van der Waals surface area contributed by atoms with Crippen molar-refractivity contribution in [3.63, 3.8) is 0 Å². The molecule has 0 atom stereocenters. The number of hydrogen-bond donors (Lipinski definition) is 1. The highest BCUT2D eigenvalue weighted by atomic mass is 127. The van der Waals surface area contributed by atoms with E-state index in [4.69, 9.17) is 5.73 Å². The molecule has 0 aliphatic rings. The Morgan fingerprint density at radius 3 is 2.57 bits per heavy atom. The lowest BCUT2D eigenvalue weighted by Gasteiger charge is -2.11. The Morgan fingerprint density at radius 1 is 1.43 bits per heavy atom. The van der Waals surface area contributed by atoms with Crippen molar-refractivity contribution in [2.75, 3.05) is 0 Å². The van der Waals surface area contributed by atoms with Crippen LogP contribution < -0.4 is 10.5 Å². The van der Waals surface area contributed by atoms with E-state index in [1.165, 1.54) is 12.1 Å². The quantitative estimate of drug-likeness (QED) is 0.671. The highest BCUT2D eigenvalue weighted by Gasteiger charge is 2.32. The van der Waals surface area contributed by atoms with Crippen LogP contribution in [0.25, 0.3) is 0 Å². The van der Waals surface area contributed by atoms with Gasteiger partial charge in [0.05, 0.1) is 5.69 Å². The molecule has 1 heterocycles. The van der Waals surface area contributed by atoms with Gasteiger partial charge in [-0.15, -0.1) is 13.2 Å². The summed E-state index contributed by atoms with van der Waals surface area (Å²) in [6.45, 7) is -0.0950. The molecule has 0 aliphatic heterocycles. The van der Waals surface area contributed by atoms with Crippen LogP contribution in [0.2, 0.25) is 0 Å². The molecule has 1 aromatic heterocycles. The fourth-order valence-corrected chi connectivity index (χ4v) is 1.30. The lowest BCUT2D eigenvalue weighted by molar-refractivity contribution is -0.275. The average molecular weight is 318 g/mol. The molecule has 3 nitrogen and oxygen atoms in total. The van der Waals surface area contributed by atoms with E-state index >= 15 is 0 Å². The van der Waals surface area contributed by atoms with Crippen molar-refractivity contribution >= 4 is 22.6 Å². The second-order valence-electron chi connectivity index (χ2n) is 2.33. The first-order valence-corrected chi connectivity index (χ1v) is 4.61. The van der Waals surface area contributed by atoms with Crippen molar-refractivity contribution in [2.45, 2.75) is 12.9 Å². The van der Waals surface area contributed by atoms with Crippen molar-refractivity contribution in [1.29, 1.82) is 0 Å². The van der Waals surface area contributed by atoms with Gasteiger partial charge in [0.15, 0.2) is 5.75 Å². The van der Waals surface area contributed by atoms with E-state index in [0.29, 0.717) is 3.70 Å². The fraction of sp³-hybridized carbons (Fsp3) is 0.286. The number of hydrogen-bond acceptors (Lipinski definition) is 3. The Hall–Kier alpha value is -0.570. The zero-order valence-corrected chi connectivity index (χ0v) is 8.96. The van der Waals surface area contributed by atoms with E-state index in [-0.39, 0.29) is 18.0 Å². The summed E-state index contributed by atoms with van der Waals surface area (Å²) in [6, 6.07) is 2.62. The van der Waals surface area contributed by atoms with Crippen LogP contribution in [0.1, 0.15) is 5.69 Å². The van der Waals surface area contributed by atoms with Crippen LogP contribution in [0, 0.1) is 3.70 Å². The maximum absolute atomic E-state index is 11.9. The third kappa shape index (κ3) is 3.29. The van der Waals surface area contributed by atoms with Crippen molar-refractivity contribution in [2.24, 2.45) is 5.73 Å². The van der Waals surface area contributed by atoms with Crippen molar-refractivity contribution < 1.29 is 17.9 Å². The fourth-order valence-electron chi connectivity index (χ4n) is 0.826. The van der Waals surface area contributed by atoms with E-state index in [1.54, 1.807) is 0 Å². The molecule has 2 N–H and O–H groups in total.